The van der Waals surface area contributed by atoms with Crippen LogP contribution in [0, 0.1) is 17.8 Å². The van der Waals surface area contributed by atoms with E-state index >= 15 is 0 Å². The van der Waals surface area contributed by atoms with Gasteiger partial charge < -0.3 is 5.32 Å². The monoisotopic (exact) mass is 340 g/mol. The van der Waals surface area contributed by atoms with Crippen molar-refractivity contribution in [1.29, 1.82) is 0 Å². The maximum Gasteiger partial charge on any atom is 0.229 e. The van der Waals surface area contributed by atoms with Crippen molar-refractivity contribution in [3.63, 3.8) is 0 Å². The highest BCUT2D eigenvalue weighted by Gasteiger charge is 2.43. The fourth-order valence-corrected chi connectivity index (χ4v) is 4.99. The number of nitrogens with one attached hydrogen (secondary N) is 1. The van der Waals surface area contributed by atoms with Crippen LogP contribution in [0.1, 0.15) is 51.0 Å². The summed E-state index contributed by atoms with van der Waals surface area (Å²) >= 11 is 1.52. The Kier molecular flexibility index (Phi) is 4.17. The van der Waals surface area contributed by atoms with Gasteiger partial charge in [-0.15, -0.1) is 11.3 Å². The summed E-state index contributed by atoms with van der Waals surface area (Å²) in [6.07, 6.45) is 4.88. The van der Waals surface area contributed by atoms with E-state index in [4.69, 9.17) is 0 Å². The number of hydrogen-bond donors (Lipinski definition) is 1. The Morgan fingerprint density at radius 3 is 2.62 bits per heavy atom. The first-order chi connectivity index (χ1) is 11.6. The molecule has 0 radical (unpaired) electrons. The number of benzene rings is 1. The summed E-state index contributed by atoms with van der Waals surface area (Å²) in [5.74, 6) is 2.32. The predicted octanol–water partition coefficient (Wildman–Crippen LogP) is 5.31. The molecule has 3 unspecified atom stereocenters. The average molecular weight is 340 g/mol. The molecule has 24 heavy (non-hydrogen) atoms. The molecule has 2 aliphatic carbocycles. The zero-order chi connectivity index (χ0) is 16.7. The molecule has 1 amide bonds. The first-order valence-corrected chi connectivity index (χ1v) is 9.85. The number of carbonyl (C=O) groups excluding carboxylic acids is 1. The Morgan fingerprint density at radius 2 is 2.00 bits per heavy atom. The van der Waals surface area contributed by atoms with Crippen LogP contribution in [0.5, 0.6) is 0 Å². The van der Waals surface area contributed by atoms with E-state index in [1.165, 1.54) is 36.2 Å². The van der Waals surface area contributed by atoms with Crippen LogP contribution in [0.25, 0.3) is 11.3 Å². The molecule has 2 aliphatic rings. The molecule has 2 aromatic rings. The van der Waals surface area contributed by atoms with Gasteiger partial charge in [0, 0.05) is 16.9 Å². The third kappa shape index (κ3) is 3.00. The Bertz CT molecular complexity index is 734. The SMILES string of the molecule is CC(C)c1ccc(-c2csc(NC(=O)C3CC4CCC3C4)n2)cc1. The highest BCUT2D eigenvalue weighted by molar-refractivity contribution is 7.14. The molecule has 0 spiro atoms. The van der Waals surface area contributed by atoms with E-state index in [0.29, 0.717) is 11.8 Å². The van der Waals surface area contributed by atoms with Crippen LogP contribution in [0.15, 0.2) is 29.6 Å². The molecule has 1 heterocycles. The van der Waals surface area contributed by atoms with Crippen LogP contribution < -0.4 is 5.32 Å². The molecule has 2 saturated carbocycles. The van der Waals surface area contributed by atoms with Crippen LogP contribution in [-0.2, 0) is 4.79 Å². The first-order valence-electron chi connectivity index (χ1n) is 8.97. The van der Waals surface area contributed by atoms with Crippen molar-refractivity contribution in [2.24, 2.45) is 17.8 Å². The zero-order valence-corrected chi connectivity index (χ0v) is 15.1. The Morgan fingerprint density at radius 1 is 1.21 bits per heavy atom. The minimum atomic E-state index is 0.179. The number of amides is 1. The second-order valence-corrected chi connectivity index (χ2v) is 8.44. The van der Waals surface area contributed by atoms with Crippen molar-refractivity contribution in [2.75, 3.05) is 5.32 Å². The number of fused-ring (bicyclic) bond motifs is 2. The lowest BCUT2D eigenvalue weighted by Crippen LogP contribution is -2.27. The van der Waals surface area contributed by atoms with E-state index in [-0.39, 0.29) is 11.8 Å². The van der Waals surface area contributed by atoms with Crippen LogP contribution in [0.3, 0.4) is 0 Å². The van der Waals surface area contributed by atoms with Crippen LogP contribution >= 0.6 is 11.3 Å². The van der Waals surface area contributed by atoms with E-state index in [1.807, 2.05) is 5.38 Å². The van der Waals surface area contributed by atoms with Crippen molar-refractivity contribution in [3.05, 3.63) is 35.2 Å². The largest absolute Gasteiger partial charge is 0.302 e. The molecule has 0 saturated heterocycles. The van der Waals surface area contributed by atoms with Crippen molar-refractivity contribution >= 4 is 22.4 Å². The lowest BCUT2D eigenvalue weighted by atomic mass is 9.88. The number of carbonyl (C=O) groups is 1. The van der Waals surface area contributed by atoms with Gasteiger partial charge in [-0.3, -0.25) is 4.79 Å². The summed E-state index contributed by atoms with van der Waals surface area (Å²) in [7, 11) is 0. The standard InChI is InChI=1S/C20H24N2OS/c1-12(2)14-5-7-15(8-6-14)18-11-24-20(21-18)22-19(23)17-10-13-3-4-16(17)9-13/h5-8,11-13,16-17H,3-4,9-10H2,1-2H3,(H,21,22,23). The van der Waals surface area contributed by atoms with Gasteiger partial charge in [0.15, 0.2) is 5.13 Å². The minimum Gasteiger partial charge on any atom is -0.302 e. The van der Waals surface area contributed by atoms with Crippen LogP contribution in [0.4, 0.5) is 5.13 Å². The van der Waals surface area contributed by atoms with Gasteiger partial charge in [0.05, 0.1) is 5.69 Å². The minimum absolute atomic E-state index is 0.179. The molecule has 3 atom stereocenters. The molecule has 1 aromatic heterocycles. The average Bonchev–Trinajstić information content (AvgIpc) is 3.31. The highest BCUT2D eigenvalue weighted by Crippen LogP contribution is 2.48. The van der Waals surface area contributed by atoms with Crippen molar-refractivity contribution < 1.29 is 4.79 Å². The second kappa shape index (κ2) is 6.32. The van der Waals surface area contributed by atoms with E-state index in [2.05, 4.69) is 48.4 Å². The third-order valence-electron chi connectivity index (χ3n) is 5.68. The topological polar surface area (TPSA) is 42.0 Å². The summed E-state index contributed by atoms with van der Waals surface area (Å²) in [4.78, 5) is 17.1. The Hall–Kier alpha value is -1.68. The highest BCUT2D eigenvalue weighted by atomic mass is 32.1. The summed E-state index contributed by atoms with van der Waals surface area (Å²) in [5.41, 5.74) is 3.38. The number of anilines is 1. The summed E-state index contributed by atoms with van der Waals surface area (Å²) in [6.45, 7) is 4.39. The first kappa shape index (κ1) is 15.8. The molecule has 1 N–H and O–H groups in total. The lowest BCUT2D eigenvalue weighted by Gasteiger charge is -2.19. The van der Waals surface area contributed by atoms with Crippen molar-refractivity contribution in [2.45, 2.75) is 45.4 Å². The number of nitrogens with zero attached hydrogens (tertiary/aromatic N) is 1. The maximum absolute atomic E-state index is 12.5. The van der Waals surface area contributed by atoms with Gasteiger partial charge in [-0.25, -0.2) is 4.98 Å². The lowest BCUT2D eigenvalue weighted by molar-refractivity contribution is -0.121. The van der Waals surface area contributed by atoms with E-state index < -0.39 is 0 Å². The molecule has 126 valence electrons. The van der Waals surface area contributed by atoms with Crippen LogP contribution in [0.2, 0.25) is 0 Å². The molecular formula is C20H24N2OS. The van der Waals surface area contributed by atoms with Gasteiger partial charge in [-0.1, -0.05) is 44.5 Å². The fourth-order valence-electron chi connectivity index (χ4n) is 4.27. The second-order valence-electron chi connectivity index (χ2n) is 7.59. The van der Waals surface area contributed by atoms with Crippen molar-refractivity contribution in [3.8, 4) is 11.3 Å². The number of aromatic nitrogens is 1. The summed E-state index contributed by atoms with van der Waals surface area (Å²) in [6, 6.07) is 8.55. The van der Waals surface area contributed by atoms with E-state index in [9.17, 15) is 4.79 Å². The van der Waals surface area contributed by atoms with Gasteiger partial charge in [0.25, 0.3) is 0 Å². The molecule has 1 aromatic carbocycles. The third-order valence-corrected chi connectivity index (χ3v) is 6.44. The normalized spacial score (nSPS) is 25.4. The summed E-state index contributed by atoms with van der Waals surface area (Å²) < 4.78 is 0. The van der Waals surface area contributed by atoms with Crippen molar-refractivity contribution in [1.82, 2.24) is 4.98 Å². The number of hydrogen-bond acceptors (Lipinski definition) is 3. The smallest absolute Gasteiger partial charge is 0.229 e. The maximum atomic E-state index is 12.5. The van der Waals surface area contributed by atoms with E-state index in [1.54, 1.807) is 0 Å². The molecule has 2 bridgehead atoms. The predicted molar refractivity (Wildman–Crippen MR) is 99.2 cm³/mol. The number of thiazole rings is 1. The molecule has 2 fully saturated rings. The quantitative estimate of drug-likeness (QED) is 0.819. The summed E-state index contributed by atoms with van der Waals surface area (Å²) in [5, 5.41) is 5.81. The Balaban J connectivity index is 1.44. The molecule has 0 aliphatic heterocycles. The zero-order valence-electron chi connectivity index (χ0n) is 14.3. The van der Waals surface area contributed by atoms with Gasteiger partial charge in [-0.2, -0.15) is 0 Å². The molecule has 3 nitrogen and oxygen atoms in total. The Labute approximate surface area is 147 Å². The van der Waals surface area contributed by atoms with Gasteiger partial charge in [0.2, 0.25) is 5.91 Å². The van der Waals surface area contributed by atoms with Crippen LogP contribution in [-0.4, -0.2) is 10.9 Å². The van der Waals surface area contributed by atoms with Gasteiger partial charge in [-0.05, 0) is 42.6 Å². The molecule has 4 rings (SSSR count). The molecular weight excluding hydrogens is 316 g/mol. The van der Waals surface area contributed by atoms with Gasteiger partial charge >= 0.3 is 0 Å². The fraction of sp³-hybridized carbons (Fsp3) is 0.500. The molecule has 4 heteroatoms. The number of rotatable bonds is 4. The van der Waals surface area contributed by atoms with Gasteiger partial charge in [0.1, 0.15) is 0 Å². The van der Waals surface area contributed by atoms with E-state index in [0.717, 1.165) is 28.7 Å².